The molecule has 162 valence electrons. The number of rotatable bonds is 6. The van der Waals surface area contributed by atoms with Crippen molar-refractivity contribution < 1.29 is 13.6 Å². The Labute approximate surface area is 191 Å². The zero-order valence-corrected chi connectivity index (χ0v) is 18.5. The Morgan fingerprint density at radius 2 is 2.12 bits per heavy atom. The van der Waals surface area contributed by atoms with Gasteiger partial charge >= 0.3 is 5.76 Å². The van der Waals surface area contributed by atoms with Gasteiger partial charge in [-0.05, 0) is 43.2 Å². The van der Waals surface area contributed by atoms with Crippen LogP contribution >= 0.6 is 22.9 Å². The van der Waals surface area contributed by atoms with Crippen molar-refractivity contribution in [2.24, 2.45) is 7.05 Å². The quantitative estimate of drug-likeness (QED) is 0.360. The van der Waals surface area contributed by atoms with Crippen LogP contribution in [-0.4, -0.2) is 20.5 Å². The van der Waals surface area contributed by atoms with Crippen LogP contribution in [-0.2, 0) is 13.5 Å². The lowest BCUT2D eigenvalue weighted by Gasteiger charge is -2.07. The third kappa shape index (κ3) is 3.91. The molecular formula is C23H17ClFN3O3S. The zero-order chi connectivity index (χ0) is 22.4. The number of pyridine rings is 1. The number of ketones is 1. The number of thiophene rings is 1. The fourth-order valence-electron chi connectivity index (χ4n) is 3.52. The van der Waals surface area contributed by atoms with E-state index in [1.165, 1.54) is 30.5 Å². The number of benzene rings is 1. The summed E-state index contributed by atoms with van der Waals surface area (Å²) in [6.45, 7) is 0. The Morgan fingerprint density at radius 3 is 2.81 bits per heavy atom. The Hall–Kier alpha value is -3.10. The molecule has 0 N–H and O–H groups in total. The predicted octanol–water partition coefficient (Wildman–Crippen LogP) is 5.26. The van der Waals surface area contributed by atoms with Crippen LogP contribution in [0.1, 0.15) is 39.7 Å². The largest absolute Gasteiger partial charge is 0.437 e. The fraction of sp³-hybridized carbons (Fsp3) is 0.217. The Balaban J connectivity index is 1.49. The first-order valence-corrected chi connectivity index (χ1v) is 11.2. The van der Waals surface area contributed by atoms with Gasteiger partial charge in [-0.1, -0.05) is 17.7 Å². The van der Waals surface area contributed by atoms with E-state index in [0.717, 1.165) is 33.7 Å². The molecule has 5 rings (SSSR count). The standard InChI is InChI=1S/C23H17ClFN3O3S/c1-28-23(30)31-22(27-28)13-9-15(21(26-11-13)12-5-6-12)19-7-8-20(32-19)18(29)10-14-16(24)3-2-4-17(14)25/h2-4,7-9,11-12H,5-6,10H2,1H3. The summed E-state index contributed by atoms with van der Waals surface area (Å²) in [5.74, 6) is -0.694. The van der Waals surface area contributed by atoms with Crippen LogP contribution in [0.15, 0.2) is 51.8 Å². The maximum atomic E-state index is 14.1. The summed E-state index contributed by atoms with van der Waals surface area (Å²) in [5, 5.41) is 4.34. The van der Waals surface area contributed by atoms with Crippen molar-refractivity contribution in [3.8, 4) is 21.9 Å². The van der Waals surface area contributed by atoms with E-state index in [-0.39, 0.29) is 28.7 Å². The molecule has 3 heterocycles. The van der Waals surface area contributed by atoms with E-state index in [2.05, 4.69) is 10.1 Å². The van der Waals surface area contributed by atoms with Crippen LogP contribution in [0.3, 0.4) is 0 Å². The van der Waals surface area contributed by atoms with Crippen molar-refractivity contribution in [3.63, 3.8) is 0 Å². The van der Waals surface area contributed by atoms with Crippen molar-refractivity contribution >= 4 is 28.7 Å². The molecule has 0 amide bonds. The maximum absolute atomic E-state index is 14.1. The number of carbonyl (C=O) groups is 1. The van der Waals surface area contributed by atoms with E-state index in [9.17, 15) is 14.0 Å². The average molecular weight is 470 g/mol. The molecule has 0 saturated heterocycles. The van der Waals surface area contributed by atoms with Crippen LogP contribution in [0.4, 0.5) is 4.39 Å². The van der Waals surface area contributed by atoms with E-state index in [1.54, 1.807) is 18.3 Å². The van der Waals surface area contributed by atoms with E-state index < -0.39 is 11.6 Å². The molecule has 9 heteroatoms. The minimum Gasteiger partial charge on any atom is -0.388 e. The number of aromatic nitrogens is 3. The van der Waals surface area contributed by atoms with Crippen LogP contribution in [0.25, 0.3) is 21.9 Å². The molecule has 1 aliphatic rings. The van der Waals surface area contributed by atoms with Gasteiger partial charge in [-0.15, -0.1) is 16.4 Å². The van der Waals surface area contributed by atoms with Gasteiger partial charge in [0, 0.05) is 46.6 Å². The van der Waals surface area contributed by atoms with Gasteiger partial charge < -0.3 is 4.42 Å². The van der Waals surface area contributed by atoms with Crippen molar-refractivity contribution in [1.29, 1.82) is 0 Å². The lowest BCUT2D eigenvalue weighted by atomic mass is 10.1. The zero-order valence-electron chi connectivity index (χ0n) is 17.0. The highest BCUT2D eigenvalue weighted by molar-refractivity contribution is 7.17. The molecule has 32 heavy (non-hydrogen) atoms. The number of halogens is 2. The number of nitrogens with zero attached hydrogens (tertiary/aromatic N) is 3. The summed E-state index contributed by atoms with van der Waals surface area (Å²) in [6.07, 6.45) is 3.66. The van der Waals surface area contributed by atoms with E-state index in [4.69, 9.17) is 16.0 Å². The third-order valence-corrected chi connectivity index (χ3v) is 6.88. The van der Waals surface area contributed by atoms with Gasteiger partial charge in [-0.2, -0.15) is 4.68 Å². The molecule has 1 aromatic carbocycles. The van der Waals surface area contributed by atoms with Crippen molar-refractivity contribution in [3.05, 3.63) is 80.1 Å². The molecule has 3 aromatic heterocycles. The minimum absolute atomic E-state index is 0.113. The van der Waals surface area contributed by atoms with Crippen LogP contribution in [0, 0.1) is 5.82 Å². The van der Waals surface area contributed by atoms with Gasteiger partial charge in [0.2, 0.25) is 0 Å². The average Bonchev–Trinajstić information content (AvgIpc) is 3.40. The first kappa shape index (κ1) is 20.8. The highest BCUT2D eigenvalue weighted by atomic mass is 35.5. The summed E-state index contributed by atoms with van der Waals surface area (Å²) in [5.41, 5.74) is 2.61. The Morgan fingerprint density at radius 1 is 1.31 bits per heavy atom. The summed E-state index contributed by atoms with van der Waals surface area (Å²) >= 11 is 7.40. The number of Topliss-reactive ketones (excluding diaryl/α,β-unsaturated/α-hetero) is 1. The third-order valence-electron chi connectivity index (χ3n) is 5.36. The lowest BCUT2D eigenvalue weighted by Crippen LogP contribution is -2.09. The molecule has 4 aromatic rings. The highest BCUT2D eigenvalue weighted by Gasteiger charge is 2.29. The molecule has 0 unspecified atom stereocenters. The maximum Gasteiger partial charge on any atom is 0.437 e. The predicted molar refractivity (Wildman–Crippen MR) is 120 cm³/mol. The van der Waals surface area contributed by atoms with Gasteiger partial charge in [0.25, 0.3) is 5.89 Å². The molecule has 1 saturated carbocycles. The van der Waals surface area contributed by atoms with E-state index in [1.807, 2.05) is 12.1 Å². The second kappa shape index (κ2) is 8.11. The van der Waals surface area contributed by atoms with Crippen LogP contribution in [0.2, 0.25) is 5.02 Å². The number of carbonyl (C=O) groups excluding carboxylic acids is 1. The van der Waals surface area contributed by atoms with Gasteiger partial charge in [-0.25, -0.2) is 9.18 Å². The highest BCUT2D eigenvalue weighted by Crippen LogP contribution is 2.45. The van der Waals surface area contributed by atoms with Gasteiger partial charge in [-0.3, -0.25) is 9.78 Å². The minimum atomic E-state index is -0.552. The SMILES string of the molecule is Cn1nc(-c2cnc(C3CC3)c(-c3ccc(C(=O)Cc4c(F)cccc4Cl)s3)c2)oc1=O. The number of aryl methyl sites for hydroxylation is 1. The first-order chi connectivity index (χ1) is 15.4. The van der Waals surface area contributed by atoms with E-state index in [0.29, 0.717) is 16.4 Å². The van der Waals surface area contributed by atoms with Gasteiger partial charge in [0.05, 0.1) is 16.1 Å². The first-order valence-electron chi connectivity index (χ1n) is 10.0. The lowest BCUT2D eigenvalue weighted by molar-refractivity contribution is 0.0995. The second-order valence-electron chi connectivity index (χ2n) is 7.69. The molecule has 1 aliphatic carbocycles. The van der Waals surface area contributed by atoms with Crippen LogP contribution < -0.4 is 5.76 Å². The van der Waals surface area contributed by atoms with E-state index >= 15 is 0 Å². The molecular weight excluding hydrogens is 453 g/mol. The smallest absolute Gasteiger partial charge is 0.388 e. The van der Waals surface area contributed by atoms with Gasteiger partial charge in [0.1, 0.15) is 5.82 Å². The number of hydrogen-bond acceptors (Lipinski definition) is 6. The topological polar surface area (TPSA) is 78.0 Å². The summed E-state index contributed by atoms with van der Waals surface area (Å²) in [4.78, 5) is 30.5. The summed E-state index contributed by atoms with van der Waals surface area (Å²) in [7, 11) is 1.52. The normalized spacial score (nSPS) is 13.5. The second-order valence-corrected chi connectivity index (χ2v) is 9.18. The van der Waals surface area contributed by atoms with Crippen molar-refractivity contribution in [2.45, 2.75) is 25.2 Å². The monoisotopic (exact) mass is 469 g/mol. The Kier molecular flexibility index (Phi) is 5.27. The molecule has 1 fully saturated rings. The summed E-state index contributed by atoms with van der Waals surface area (Å²) in [6, 6.07) is 9.87. The molecule has 0 aliphatic heterocycles. The molecule has 0 spiro atoms. The van der Waals surface area contributed by atoms with Gasteiger partial charge in [0.15, 0.2) is 5.78 Å². The molecule has 0 radical (unpaired) electrons. The molecule has 0 atom stereocenters. The van der Waals surface area contributed by atoms with Crippen LogP contribution in [0.5, 0.6) is 0 Å². The molecule has 0 bridgehead atoms. The fourth-order valence-corrected chi connectivity index (χ4v) is 4.71. The van der Waals surface area contributed by atoms with Crippen molar-refractivity contribution in [2.75, 3.05) is 0 Å². The Bertz CT molecular complexity index is 1380. The molecule has 6 nitrogen and oxygen atoms in total. The number of hydrogen-bond donors (Lipinski definition) is 0. The summed E-state index contributed by atoms with van der Waals surface area (Å²) < 4.78 is 20.4. The van der Waals surface area contributed by atoms with Crippen molar-refractivity contribution in [1.82, 2.24) is 14.8 Å².